The zero-order valence-electron chi connectivity index (χ0n) is 37.0. The summed E-state index contributed by atoms with van der Waals surface area (Å²) >= 11 is 0. The first-order valence-corrected chi connectivity index (χ1v) is 23.3. The van der Waals surface area contributed by atoms with E-state index >= 15 is 0 Å². The Balaban J connectivity index is 0.960. The number of hydrogen-bond donors (Lipinski definition) is 0. The molecule has 11 aromatic carbocycles. The third-order valence-corrected chi connectivity index (χ3v) is 14.1. The molecule has 15 rings (SSSR count). The Morgan fingerprint density at radius 1 is 0.319 bits per heavy atom. The molecular weight excluding hydrogens is 843 g/mol. The van der Waals surface area contributed by atoms with Crippen LogP contribution in [0.4, 0.5) is 0 Å². The van der Waals surface area contributed by atoms with Crippen LogP contribution in [0.2, 0.25) is 0 Å². The van der Waals surface area contributed by atoms with Crippen molar-refractivity contribution in [1.29, 1.82) is 0 Å². The zero-order valence-corrected chi connectivity index (χ0v) is 37.0. The monoisotopic (exact) mass is 879 g/mol. The highest BCUT2D eigenvalue weighted by Gasteiger charge is 2.23. The third-order valence-electron chi connectivity index (χ3n) is 14.1. The van der Waals surface area contributed by atoms with E-state index in [1.54, 1.807) is 0 Å². The fraction of sp³-hybridized carbons (Fsp3) is 0. The average Bonchev–Trinajstić information content (AvgIpc) is 4.06. The van der Waals surface area contributed by atoms with E-state index in [2.05, 4.69) is 215 Å². The maximum absolute atomic E-state index is 6.99. The lowest BCUT2D eigenvalue weighted by Gasteiger charge is -2.13. The molecular formula is C63H37N5O. The molecule has 0 saturated heterocycles. The van der Waals surface area contributed by atoms with Crippen LogP contribution in [0.3, 0.4) is 0 Å². The highest BCUT2D eigenvalue weighted by molar-refractivity contribution is 6.21. The molecule has 0 aliphatic rings. The van der Waals surface area contributed by atoms with Gasteiger partial charge in [0.2, 0.25) is 0 Å². The minimum absolute atomic E-state index is 0.566. The van der Waals surface area contributed by atoms with Gasteiger partial charge in [0, 0.05) is 65.5 Å². The molecule has 0 atom stereocenters. The van der Waals surface area contributed by atoms with Crippen LogP contribution < -0.4 is 0 Å². The van der Waals surface area contributed by atoms with Crippen LogP contribution in [0.1, 0.15) is 0 Å². The summed E-state index contributed by atoms with van der Waals surface area (Å²) in [5.41, 5.74) is 10.9. The second-order valence-corrected chi connectivity index (χ2v) is 18.0. The van der Waals surface area contributed by atoms with Gasteiger partial charge in [-0.2, -0.15) is 0 Å². The number of nitrogens with zero attached hydrogens (tertiary/aromatic N) is 5. The maximum Gasteiger partial charge on any atom is 0.166 e. The quantitative estimate of drug-likeness (QED) is 0.173. The molecule has 6 heteroatoms. The lowest BCUT2D eigenvalue weighted by molar-refractivity contribution is 0.672. The predicted molar refractivity (Wildman–Crippen MR) is 285 cm³/mol. The molecule has 0 aliphatic carbocycles. The van der Waals surface area contributed by atoms with Crippen molar-refractivity contribution in [3.05, 3.63) is 224 Å². The summed E-state index contributed by atoms with van der Waals surface area (Å²) in [6.07, 6.45) is 0. The van der Waals surface area contributed by atoms with Crippen molar-refractivity contribution in [1.82, 2.24) is 24.1 Å². The Bertz CT molecular complexity index is 4510. The topological polar surface area (TPSA) is 61.7 Å². The van der Waals surface area contributed by atoms with Crippen molar-refractivity contribution < 1.29 is 4.42 Å². The molecule has 0 aliphatic heterocycles. The van der Waals surface area contributed by atoms with Gasteiger partial charge in [0.1, 0.15) is 11.2 Å². The van der Waals surface area contributed by atoms with Gasteiger partial charge in [-0.1, -0.05) is 158 Å². The van der Waals surface area contributed by atoms with Gasteiger partial charge in [0.25, 0.3) is 0 Å². The first-order valence-electron chi connectivity index (χ1n) is 23.3. The summed E-state index contributed by atoms with van der Waals surface area (Å²) in [7, 11) is 0. The van der Waals surface area contributed by atoms with Crippen LogP contribution in [0, 0.1) is 0 Å². The molecule has 320 valence electrons. The van der Waals surface area contributed by atoms with Crippen molar-refractivity contribution in [2.24, 2.45) is 0 Å². The first-order chi connectivity index (χ1) is 34.2. The lowest BCUT2D eigenvalue weighted by atomic mass is 10.0. The number of hydrogen-bond acceptors (Lipinski definition) is 4. The zero-order chi connectivity index (χ0) is 45.2. The summed E-state index contributed by atoms with van der Waals surface area (Å²) < 4.78 is 11.8. The molecule has 0 N–H and O–H groups in total. The number of fused-ring (bicyclic) bond motifs is 13. The van der Waals surface area contributed by atoms with Crippen LogP contribution in [0.25, 0.3) is 143 Å². The van der Waals surface area contributed by atoms with E-state index in [0.717, 1.165) is 77.2 Å². The Kier molecular flexibility index (Phi) is 7.97. The van der Waals surface area contributed by atoms with Gasteiger partial charge >= 0.3 is 0 Å². The molecule has 0 bridgehead atoms. The van der Waals surface area contributed by atoms with Crippen molar-refractivity contribution in [3.8, 4) is 45.5 Å². The van der Waals surface area contributed by atoms with Crippen LogP contribution in [-0.4, -0.2) is 24.1 Å². The van der Waals surface area contributed by atoms with Crippen molar-refractivity contribution in [3.63, 3.8) is 0 Å². The van der Waals surface area contributed by atoms with E-state index in [-0.39, 0.29) is 0 Å². The van der Waals surface area contributed by atoms with E-state index in [9.17, 15) is 0 Å². The molecule has 4 aromatic heterocycles. The molecule has 0 unspecified atom stereocenters. The molecule has 0 spiro atoms. The van der Waals surface area contributed by atoms with E-state index in [1.807, 2.05) is 18.2 Å². The number of rotatable bonds is 5. The summed E-state index contributed by atoms with van der Waals surface area (Å²) in [5, 5.41) is 13.8. The summed E-state index contributed by atoms with van der Waals surface area (Å²) in [6.45, 7) is 0. The van der Waals surface area contributed by atoms with Crippen LogP contribution >= 0.6 is 0 Å². The first kappa shape index (κ1) is 37.8. The number of aromatic nitrogens is 5. The Morgan fingerprint density at radius 2 is 0.884 bits per heavy atom. The number of benzene rings is 11. The van der Waals surface area contributed by atoms with Gasteiger partial charge in [-0.15, -0.1) is 0 Å². The second-order valence-electron chi connectivity index (χ2n) is 18.0. The molecule has 4 heterocycles. The molecule has 0 radical (unpaired) electrons. The van der Waals surface area contributed by atoms with E-state index in [4.69, 9.17) is 19.4 Å². The van der Waals surface area contributed by atoms with Gasteiger partial charge in [-0.3, -0.25) is 0 Å². The average molecular weight is 880 g/mol. The van der Waals surface area contributed by atoms with Crippen LogP contribution in [0.15, 0.2) is 229 Å². The molecule has 0 fully saturated rings. The lowest BCUT2D eigenvalue weighted by Crippen LogP contribution is -2.02. The summed E-state index contributed by atoms with van der Waals surface area (Å²) in [6, 6.07) is 79.7. The Labute approximate surface area is 394 Å². The Morgan fingerprint density at radius 3 is 1.59 bits per heavy atom. The highest BCUT2D eigenvalue weighted by atomic mass is 16.3. The minimum atomic E-state index is 0.566. The highest BCUT2D eigenvalue weighted by Crippen LogP contribution is 2.44. The predicted octanol–water partition coefficient (Wildman–Crippen LogP) is 16.4. The SMILES string of the molecule is c1ccc(-c2nc(-c3ccc4c(c3)oc3c5ccccc5c(-n5c6cc7ccccc7cc6c6cc7ccccc7cc65)cc43)nc(-c3cccc4c5ccccc5n(-c5ccccc5)c34)n2)cc1. The Hall–Kier alpha value is -9.39. The van der Waals surface area contributed by atoms with Crippen LogP contribution in [0.5, 0.6) is 0 Å². The van der Waals surface area contributed by atoms with Gasteiger partial charge in [-0.05, 0) is 88.3 Å². The molecule has 15 aromatic rings. The molecule has 0 amide bonds. The molecule has 0 saturated carbocycles. The van der Waals surface area contributed by atoms with Crippen molar-refractivity contribution in [2.75, 3.05) is 0 Å². The smallest absolute Gasteiger partial charge is 0.166 e. The maximum atomic E-state index is 6.99. The van der Waals surface area contributed by atoms with E-state index < -0.39 is 0 Å². The number of para-hydroxylation sites is 3. The van der Waals surface area contributed by atoms with Crippen LogP contribution in [-0.2, 0) is 0 Å². The fourth-order valence-corrected chi connectivity index (χ4v) is 10.9. The molecule has 69 heavy (non-hydrogen) atoms. The minimum Gasteiger partial charge on any atom is -0.455 e. The fourth-order valence-electron chi connectivity index (χ4n) is 10.9. The van der Waals surface area contributed by atoms with E-state index in [1.165, 1.54) is 48.7 Å². The van der Waals surface area contributed by atoms with Gasteiger partial charge in [0.15, 0.2) is 17.5 Å². The standard InChI is InChI=1S/C63H37N5O/c1-3-16-38(17-4-1)61-64-62(66-63(65-61)50-28-15-27-48-45-24-13-14-29-54(45)67(59(48)50)44-22-5-2-6-23-44)43-30-31-47-53-37-57(46-25-11-12-26-49(46)60(53)69-58(47)36-43)68-55-34-41-20-9-7-18-39(41)32-51(55)52-33-40-19-8-10-21-42(40)35-56(52)68/h1-37H. The number of furan rings is 1. The van der Waals surface area contributed by atoms with Gasteiger partial charge < -0.3 is 13.6 Å². The summed E-state index contributed by atoms with van der Waals surface area (Å²) in [5.74, 6) is 1.76. The second kappa shape index (κ2) is 14.6. The van der Waals surface area contributed by atoms with E-state index in [0.29, 0.717) is 17.5 Å². The molecule has 6 nitrogen and oxygen atoms in total. The van der Waals surface area contributed by atoms with Gasteiger partial charge in [0.05, 0.1) is 27.8 Å². The third kappa shape index (κ3) is 5.69. The largest absolute Gasteiger partial charge is 0.455 e. The normalized spacial score (nSPS) is 12.1. The van der Waals surface area contributed by atoms with Crippen molar-refractivity contribution >= 4 is 97.9 Å². The van der Waals surface area contributed by atoms with Gasteiger partial charge in [-0.25, -0.2) is 15.0 Å². The summed E-state index contributed by atoms with van der Waals surface area (Å²) in [4.78, 5) is 15.8. The van der Waals surface area contributed by atoms with Crippen molar-refractivity contribution in [2.45, 2.75) is 0 Å².